The van der Waals surface area contributed by atoms with Gasteiger partial charge in [-0.3, -0.25) is 4.79 Å². The second kappa shape index (κ2) is 9.88. The first kappa shape index (κ1) is 20.6. The third-order valence-electron chi connectivity index (χ3n) is 5.89. The van der Waals surface area contributed by atoms with Gasteiger partial charge in [-0.25, -0.2) is 0 Å². The van der Waals surface area contributed by atoms with Crippen molar-refractivity contribution in [1.82, 2.24) is 10.2 Å². The summed E-state index contributed by atoms with van der Waals surface area (Å²) in [6.07, 6.45) is 7.37. The molecule has 0 aromatic heterocycles. The average molecular weight is 379 g/mol. The van der Waals surface area contributed by atoms with Crippen LogP contribution in [0.5, 0.6) is 0 Å². The molecule has 2 aromatic carbocycles. The number of hydrogen-bond acceptors (Lipinski definition) is 2. The first-order valence-electron chi connectivity index (χ1n) is 10.7. The van der Waals surface area contributed by atoms with Gasteiger partial charge in [0.05, 0.1) is 0 Å². The largest absolute Gasteiger partial charge is 0.348 e. The van der Waals surface area contributed by atoms with Crippen molar-refractivity contribution in [3.05, 3.63) is 59.7 Å². The van der Waals surface area contributed by atoms with Gasteiger partial charge in [-0.05, 0) is 68.1 Å². The van der Waals surface area contributed by atoms with Crippen LogP contribution in [0.4, 0.5) is 0 Å². The van der Waals surface area contributed by atoms with E-state index < -0.39 is 0 Å². The van der Waals surface area contributed by atoms with Crippen LogP contribution in [0.25, 0.3) is 11.1 Å². The summed E-state index contributed by atoms with van der Waals surface area (Å²) in [5.41, 5.74) is 4.34. The first-order valence-corrected chi connectivity index (χ1v) is 10.7. The van der Waals surface area contributed by atoms with Crippen LogP contribution in [0.15, 0.2) is 48.5 Å². The number of rotatable bonds is 7. The quantitative estimate of drug-likeness (QED) is 0.722. The van der Waals surface area contributed by atoms with Crippen LogP contribution in [0.3, 0.4) is 0 Å². The zero-order valence-corrected chi connectivity index (χ0v) is 17.6. The highest BCUT2D eigenvalue weighted by atomic mass is 16.1. The molecule has 2 aromatic rings. The number of carbonyl (C=O) groups excluding carboxylic acids is 1. The molecule has 3 nitrogen and oxygen atoms in total. The lowest BCUT2D eigenvalue weighted by Gasteiger charge is -2.32. The molecule has 0 radical (unpaired) electrons. The van der Waals surface area contributed by atoms with Crippen molar-refractivity contribution in [3.8, 4) is 11.1 Å². The summed E-state index contributed by atoms with van der Waals surface area (Å²) >= 11 is 0. The molecule has 1 atom stereocenters. The molecule has 0 spiro atoms. The van der Waals surface area contributed by atoms with Crippen molar-refractivity contribution < 1.29 is 4.79 Å². The van der Waals surface area contributed by atoms with Gasteiger partial charge >= 0.3 is 0 Å². The van der Waals surface area contributed by atoms with Gasteiger partial charge in [0.25, 0.3) is 5.91 Å². The Kier molecular flexibility index (Phi) is 7.27. The Morgan fingerprint density at radius 1 is 1.04 bits per heavy atom. The van der Waals surface area contributed by atoms with E-state index in [4.69, 9.17) is 0 Å². The maximum absolute atomic E-state index is 13.1. The number of nitrogens with zero attached hydrogens (tertiary/aromatic N) is 1. The first-order chi connectivity index (χ1) is 13.6. The fraction of sp³-hybridized carbons (Fsp3) is 0.480. The van der Waals surface area contributed by atoms with Crippen LogP contribution in [-0.4, -0.2) is 37.5 Å². The van der Waals surface area contributed by atoms with Crippen LogP contribution in [-0.2, 0) is 6.42 Å². The molecule has 1 saturated carbocycles. The molecule has 1 N–H and O–H groups in total. The van der Waals surface area contributed by atoms with Crippen molar-refractivity contribution in [1.29, 1.82) is 0 Å². The van der Waals surface area contributed by atoms with Crippen molar-refractivity contribution in [2.24, 2.45) is 5.92 Å². The highest BCUT2D eigenvalue weighted by Gasteiger charge is 2.26. The van der Waals surface area contributed by atoms with E-state index in [-0.39, 0.29) is 11.9 Å². The molecular formula is C25H34N2O. The van der Waals surface area contributed by atoms with Crippen molar-refractivity contribution in [3.63, 3.8) is 0 Å². The van der Waals surface area contributed by atoms with Crippen molar-refractivity contribution in [2.45, 2.75) is 51.5 Å². The predicted octanol–water partition coefficient (Wildman–Crippen LogP) is 5.16. The van der Waals surface area contributed by atoms with E-state index in [0.29, 0.717) is 5.92 Å². The van der Waals surface area contributed by atoms with Crippen LogP contribution in [0, 0.1) is 5.92 Å². The number of hydrogen-bond donors (Lipinski definition) is 1. The topological polar surface area (TPSA) is 32.3 Å². The monoisotopic (exact) mass is 378 g/mol. The number of amides is 1. The van der Waals surface area contributed by atoms with Gasteiger partial charge in [-0.2, -0.15) is 0 Å². The van der Waals surface area contributed by atoms with Crippen LogP contribution < -0.4 is 5.32 Å². The Morgan fingerprint density at radius 2 is 1.71 bits per heavy atom. The van der Waals surface area contributed by atoms with Gasteiger partial charge in [0, 0.05) is 18.2 Å². The van der Waals surface area contributed by atoms with E-state index in [1.54, 1.807) is 0 Å². The highest BCUT2D eigenvalue weighted by molar-refractivity contribution is 5.95. The van der Waals surface area contributed by atoms with Gasteiger partial charge in [-0.1, -0.05) is 62.6 Å². The molecule has 150 valence electrons. The summed E-state index contributed by atoms with van der Waals surface area (Å²) < 4.78 is 0. The third kappa shape index (κ3) is 5.45. The SMILES string of the molecule is CCc1cccc(-c2cccc(C(=O)N[C@H](CN(C)C)C3CCCCC3)c2)c1. The summed E-state index contributed by atoms with van der Waals surface area (Å²) in [7, 11) is 4.17. The van der Waals surface area contributed by atoms with Gasteiger partial charge in [-0.15, -0.1) is 0 Å². The lowest BCUT2D eigenvalue weighted by atomic mass is 9.83. The van der Waals surface area contributed by atoms with E-state index in [1.165, 1.54) is 43.2 Å². The molecule has 3 rings (SSSR count). The van der Waals surface area contributed by atoms with E-state index in [9.17, 15) is 4.79 Å². The number of benzene rings is 2. The fourth-order valence-corrected chi connectivity index (χ4v) is 4.31. The predicted molar refractivity (Wildman–Crippen MR) is 118 cm³/mol. The molecule has 28 heavy (non-hydrogen) atoms. The lowest BCUT2D eigenvalue weighted by molar-refractivity contribution is 0.0900. The molecule has 1 aliphatic carbocycles. The highest BCUT2D eigenvalue weighted by Crippen LogP contribution is 2.27. The average Bonchev–Trinajstić information content (AvgIpc) is 2.73. The Hall–Kier alpha value is -2.13. The molecule has 1 fully saturated rings. The summed E-state index contributed by atoms with van der Waals surface area (Å²) in [5, 5.41) is 3.35. The number of aryl methyl sites for hydroxylation is 1. The van der Waals surface area contributed by atoms with E-state index >= 15 is 0 Å². The Labute approximate surface area is 170 Å². The van der Waals surface area contributed by atoms with Crippen LogP contribution >= 0.6 is 0 Å². The molecule has 1 aliphatic rings. The molecule has 0 heterocycles. The second-order valence-electron chi connectivity index (χ2n) is 8.38. The van der Waals surface area contributed by atoms with Crippen LogP contribution in [0.1, 0.15) is 54.9 Å². The zero-order valence-electron chi connectivity index (χ0n) is 17.6. The number of nitrogens with one attached hydrogen (secondary N) is 1. The maximum Gasteiger partial charge on any atom is 0.251 e. The maximum atomic E-state index is 13.1. The Balaban J connectivity index is 1.76. The molecule has 0 saturated heterocycles. The molecule has 0 aliphatic heterocycles. The number of carbonyl (C=O) groups is 1. The summed E-state index contributed by atoms with van der Waals surface area (Å²) in [4.78, 5) is 15.2. The smallest absolute Gasteiger partial charge is 0.251 e. The Morgan fingerprint density at radius 3 is 2.39 bits per heavy atom. The minimum absolute atomic E-state index is 0.0471. The van der Waals surface area contributed by atoms with Crippen molar-refractivity contribution in [2.75, 3.05) is 20.6 Å². The summed E-state index contributed by atoms with van der Waals surface area (Å²) in [6.45, 7) is 3.06. The van der Waals surface area contributed by atoms with E-state index in [2.05, 4.69) is 61.6 Å². The van der Waals surface area contributed by atoms with Crippen LogP contribution in [0.2, 0.25) is 0 Å². The molecule has 3 heteroatoms. The number of likely N-dealkylation sites (N-methyl/N-ethyl adjacent to an activating group) is 1. The third-order valence-corrected chi connectivity index (χ3v) is 5.89. The molecular weight excluding hydrogens is 344 g/mol. The minimum Gasteiger partial charge on any atom is -0.348 e. The standard InChI is InChI=1S/C25H34N2O/c1-4-19-10-8-13-21(16-19)22-14-9-15-23(17-22)25(28)26-24(18-27(2)3)20-11-6-5-7-12-20/h8-10,13-17,20,24H,4-7,11-12,18H2,1-3H3,(H,26,28)/t24-/m1/s1. The van der Waals surface area contributed by atoms with Gasteiger partial charge in [0.15, 0.2) is 0 Å². The van der Waals surface area contributed by atoms with E-state index in [0.717, 1.165) is 24.1 Å². The van der Waals surface area contributed by atoms with Gasteiger partial charge in [0.2, 0.25) is 0 Å². The summed E-state index contributed by atoms with van der Waals surface area (Å²) in [5.74, 6) is 0.635. The van der Waals surface area contributed by atoms with Crippen molar-refractivity contribution >= 4 is 5.91 Å². The normalized spacial score (nSPS) is 16.1. The molecule has 1 amide bonds. The van der Waals surface area contributed by atoms with E-state index in [1.807, 2.05) is 18.2 Å². The lowest BCUT2D eigenvalue weighted by Crippen LogP contribution is -2.47. The fourth-order valence-electron chi connectivity index (χ4n) is 4.31. The molecule has 0 bridgehead atoms. The minimum atomic E-state index is 0.0471. The summed E-state index contributed by atoms with van der Waals surface area (Å²) in [6, 6.07) is 16.8. The van der Waals surface area contributed by atoms with Gasteiger partial charge < -0.3 is 10.2 Å². The zero-order chi connectivity index (χ0) is 19.9. The van der Waals surface area contributed by atoms with Gasteiger partial charge in [0.1, 0.15) is 0 Å². The molecule has 0 unspecified atom stereocenters. The second-order valence-corrected chi connectivity index (χ2v) is 8.38. The Bertz CT molecular complexity index is 778.